The average Bonchev–Trinajstić information content (AvgIpc) is 2.60. The summed E-state index contributed by atoms with van der Waals surface area (Å²) < 4.78 is 5.33. The number of nitrogens with two attached hydrogens (primary N) is 1. The number of H-pyrrole nitrogens is 1. The highest BCUT2D eigenvalue weighted by atomic mass is 32.2. The van der Waals surface area contributed by atoms with Crippen molar-refractivity contribution in [3.05, 3.63) is 28.2 Å². The van der Waals surface area contributed by atoms with Gasteiger partial charge in [-0.15, -0.1) is 11.8 Å². The van der Waals surface area contributed by atoms with Gasteiger partial charge in [-0.3, -0.25) is 4.98 Å². The molecule has 1 unspecified atom stereocenters. The molecule has 0 saturated heterocycles. The summed E-state index contributed by atoms with van der Waals surface area (Å²) in [4.78, 5) is 15.3. The van der Waals surface area contributed by atoms with Gasteiger partial charge in [0.2, 0.25) is 0 Å². The Bertz CT molecular complexity index is 617. The molecule has 0 spiro atoms. The first-order chi connectivity index (χ1) is 8.79. The third-order valence-corrected chi connectivity index (χ3v) is 4.63. The number of hydrogen-bond donors (Lipinski definition) is 2. The molecule has 3 N–H and O–H groups in total. The second-order valence-electron chi connectivity index (χ2n) is 4.63. The highest BCUT2D eigenvalue weighted by Crippen LogP contribution is 2.41. The zero-order valence-electron chi connectivity index (χ0n) is 10.1. The number of fused-ring (bicyclic) bond motifs is 3. The van der Waals surface area contributed by atoms with Gasteiger partial charge in [-0.1, -0.05) is 0 Å². The van der Waals surface area contributed by atoms with Crippen molar-refractivity contribution in [3.8, 4) is 0 Å². The van der Waals surface area contributed by atoms with Crippen LogP contribution in [0.1, 0.15) is 30.7 Å². The molecular weight excluding hydrogens is 248 g/mol. The molecule has 2 heterocycles. The molecule has 1 atom stereocenters. The second kappa shape index (κ2) is 4.82. The van der Waals surface area contributed by atoms with E-state index in [4.69, 9.17) is 10.2 Å². The van der Waals surface area contributed by atoms with Crippen LogP contribution in [0.15, 0.2) is 26.2 Å². The fraction of sp³-hybridized carbons (Fsp3) is 0.462. The van der Waals surface area contributed by atoms with Crippen molar-refractivity contribution in [1.82, 2.24) is 4.98 Å². The third-order valence-electron chi connectivity index (χ3n) is 3.47. The van der Waals surface area contributed by atoms with Gasteiger partial charge in [0, 0.05) is 10.5 Å². The van der Waals surface area contributed by atoms with Gasteiger partial charge in [-0.25, -0.2) is 4.79 Å². The number of aromatic nitrogens is 1. The number of rotatable bonds is 2. The molecular formula is C13H16N2O2S. The van der Waals surface area contributed by atoms with E-state index in [0.29, 0.717) is 12.5 Å². The molecule has 0 bridgehead atoms. The lowest BCUT2D eigenvalue weighted by Crippen LogP contribution is -2.08. The predicted molar refractivity (Wildman–Crippen MR) is 73.2 cm³/mol. The van der Waals surface area contributed by atoms with Gasteiger partial charge in [0.25, 0.3) is 0 Å². The quantitative estimate of drug-likeness (QED) is 0.874. The van der Waals surface area contributed by atoms with Crippen LogP contribution in [0.2, 0.25) is 0 Å². The first-order valence-corrected chi connectivity index (χ1v) is 7.26. The van der Waals surface area contributed by atoms with Gasteiger partial charge in [0.1, 0.15) is 0 Å². The lowest BCUT2D eigenvalue weighted by Gasteiger charge is -2.16. The van der Waals surface area contributed by atoms with E-state index in [9.17, 15) is 4.79 Å². The van der Waals surface area contributed by atoms with E-state index in [-0.39, 0.29) is 5.76 Å². The van der Waals surface area contributed by atoms with Crippen molar-refractivity contribution < 1.29 is 4.42 Å². The van der Waals surface area contributed by atoms with Gasteiger partial charge >= 0.3 is 5.76 Å². The highest BCUT2D eigenvalue weighted by molar-refractivity contribution is 7.99. The van der Waals surface area contributed by atoms with Gasteiger partial charge in [0.15, 0.2) is 5.58 Å². The SMILES string of the molecule is NCCC1CCCSc2ccc3[nH]c(=O)oc3c21. The van der Waals surface area contributed by atoms with E-state index in [1.165, 1.54) is 16.9 Å². The molecule has 5 heteroatoms. The molecule has 0 amide bonds. The minimum absolute atomic E-state index is 0.376. The van der Waals surface area contributed by atoms with Crippen molar-refractivity contribution in [2.75, 3.05) is 12.3 Å². The molecule has 0 aliphatic carbocycles. The molecule has 2 aromatic rings. The van der Waals surface area contributed by atoms with E-state index in [1.54, 1.807) is 0 Å². The van der Waals surface area contributed by atoms with Crippen molar-refractivity contribution >= 4 is 22.9 Å². The highest BCUT2D eigenvalue weighted by Gasteiger charge is 2.23. The zero-order valence-corrected chi connectivity index (χ0v) is 10.9. The maximum Gasteiger partial charge on any atom is 0.417 e. The fourth-order valence-electron chi connectivity index (χ4n) is 2.68. The minimum atomic E-state index is -0.376. The van der Waals surface area contributed by atoms with Crippen LogP contribution in [0.4, 0.5) is 0 Å². The van der Waals surface area contributed by atoms with Crippen molar-refractivity contribution in [3.63, 3.8) is 0 Å². The molecule has 0 saturated carbocycles. The summed E-state index contributed by atoms with van der Waals surface area (Å²) in [5.41, 5.74) is 8.41. The number of benzene rings is 1. The third kappa shape index (κ3) is 1.97. The van der Waals surface area contributed by atoms with Crippen LogP contribution >= 0.6 is 11.8 Å². The Morgan fingerprint density at radius 3 is 3.22 bits per heavy atom. The Morgan fingerprint density at radius 2 is 2.39 bits per heavy atom. The van der Waals surface area contributed by atoms with Gasteiger partial charge < -0.3 is 10.2 Å². The van der Waals surface area contributed by atoms with Gasteiger partial charge in [0.05, 0.1) is 5.52 Å². The van der Waals surface area contributed by atoms with Gasteiger partial charge in [-0.2, -0.15) is 0 Å². The molecule has 3 rings (SSSR count). The van der Waals surface area contributed by atoms with Crippen LogP contribution in [0.3, 0.4) is 0 Å². The van der Waals surface area contributed by atoms with Crippen molar-refractivity contribution in [2.45, 2.75) is 30.1 Å². The first-order valence-electron chi connectivity index (χ1n) is 6.28. The first kappa shape index (κ1) is 11.9. The minimum Gasteiger partial charge on any atom is -0.408 e. The average molecular weight is 264 g/mol. The normalized spacial score (nSPS) is 19.7. The summed E-state index contributed by atoms with van der Waals surface area (Å²) in [6, 6.07) is 4.01. The van der Waals surface area contributed by atoms with Crippen LogP contribution in [0.25, 0.3) is 11.1 Å². The Hall–Kier alpha value is -1.20. The monoisotopic (exact) mass is 264 g/mol. The van der Waals surface area contributed by atoms with Crippen LogP contribution in [0, 0.1) is 0 Å². The molecule has 1 aliphatic heterocycles. The van der Waals surface area contributed by atoms with E-state index in [0.717, 1.165) is 29.7 Å². The lowest BCUT2D eigenvalue weighted by molar-refractivity contribution is 0.529. The smallest absolute Gasteiger partial charge is 0.408 e. The summed E-state index contributed by atoms with van der Waals surface area (Å²) in [7, 11) is 0. The topological polar surface area (TPSA) is 72.0 Å². The predicted octanol–water partition coefficient (Wildman–Crippen LogP) is 2.44. The van der Waals surface area contributed by atoms with Crippen molar-refractivity contribution in [1.29, 1.82) is 0 Å². The summed E-state index contributed by atoms with van der Waals surface area (Å²) >= 11 is 1.85. The maximum atomic E-state index is 11.4. The Labute approximate surface area is 109 Å². The van der Waals surface area contributed by atoms with Crippen LogP contribution in [0.5, 0.6) is 0 Å². The number of oxazole rings is 1. The lowest BCUT2D eigenvalue weighted by atomic mass is 9.91. The number of aromatic amines is 1. The van der Waals surface area contributed by atoms with Crippen molar-refractivity contribution in [2.24, 2.45) is 5.73 Å². The van der Waals surface area contributed by atoms with Crippen LogP contribution in [-0.4, -0.2) is 17.3 Å². The summed E-state index contributed by atoms with van der Waals surface area (Å²) in [6.07, 6.45) is 3.24. The summed E-state index contributed by atoms with van der Waals surface area (Å²) in [5, 5.41) is 0. The molecule has 1 aliphatic rings. The molecule has 1 aromatic carbocycles. The molecule has 96 valence electrons. The van der Waals surface area contributed by atoms with E-state index >= 15 is 0 Å². The van der Waals surface area contributed by atoms with E-state index < -0.39 is 0 Å². The Kier molecular flexibility index (Phi) is 3.18. The van der Waals surface area contributed by atoms with Crippen LogP contribution < -0.4 is 11.5 Å². The number of thioether (sulfide) groups is 1. The fourth-order valence-corrected chi connectivity index (χ4v) is 3.79. The molecule has 0 radical (unpaired) electrons. The van der Waals surface area contributed by atoms with Gasteiger partial charge in [-0.05, 0) is 49.6 Å². The van der Waals surface area contributed by atoms with Crippen LogP contribution in [-0.2, 0) is 0 Å². The maximum absolute atomic E-state index is 11.4. The summed E-state index contributed by atoms with van der Waals surface area (Å²) in [5.74, 6) is 1.15. The molecule has 0 fully saturated rings. The van der Waals surface area contributed by atoms with E-state index in [1.807, 2.05) is 17.8 Å². The number of nitrogens with one attached hydrogen (secondary N) is 1. The standard InChI is InChI=1S/C13H16N2O2S/c14-6-5-8-2-1-7-18-10-4-3-9-12(11(8)10)17-13(16)15-9/h3-4,8H,1-2,5-7,14H2,(H,15,16). The molecule has 1 aromatic heterocycles. The Balaban J connectivity index is 2.22. The second-order valence-corrected chi connectivity index (χ2v) is 5.77. The largest absolute Gasteiger partial charge is 0.417 e. The molecule has 18 heavy (non-hydrogen) atoms. The zero-order chi connectivity index (χ0) is 12.5. The Morgan fingerprint density at radius 1 is 1.50 bits per heavy atom. The molecule has 4 nitrogen and oxygen atoms in total. The van der Waals surface area contributed by atoms with E-state index in [2.05, 4.69) is 11.1 Å². The summed E-state index contributed by atoms with van der Waals surface area (Å²) in [6.45, 7) is 0.666. The number of hydrogen-bond acceptors (Lipinski definition) is 4.